The molecular formula is C22H25BrN2O4S. The highest BCUT2D eigenvalue weighted by atomic mass is 79.9. The zero-order valence-corrected chi connectivity index (χ0v) is 19.5. The molecule has 6 nitrogen and oxygen atoms in total. The molecule has 1 atom stereocenters. The molecule has 8 heteroatoms. The Balaban J connectivity index is 1.54. The second-order valence-corrected chi connectivity index (χ2v) is 10.7. The summed E-state index contributed by atoms with van der Waals surface area (Å²) in [7, 11) is -2.10. The Kier molecular flexibility index (Phi) is 5.92. The number of benzene rings is 2. The first-order valence-corrected chi connectivity index (χ1v) is 12.3. The Bertz CT molecular complexity index is 1090. The minimum absolute atomic E-state index is 0.0156. The number of nitrogens with zero attached hydrogens (tertiary/aromatic N) is 2. The number of halogens is 1. The van der Waals surface area contributed by atoms with Gasteiger partial charge in [-0.05, 0) is 73.7 Å². The number of rotatable bonds is 4. The summed E-state index contributed by atoms with van der Waals surface area (Å²) < 4.78 is 34.1. The van der Waals surface area contributed by atoms with E-state index in [9.17, 15) is 13.2 Å². The summed E-state index contributed by atoms with van der Waals surface area (Å²) in [6.07, 6.45) is 2.20. The van der Waals surface area contributed by atoms with E-state index >= 15 is 0 Å². The summed E-state index contributed by atoms with van der Waals surface area (Å²) in [5, 5.41) is 0. The molecule has 0 bridgehead atoms. The summed E-state index contributed by atoms with van der Waals surface area (Å²) in [5.41, 5.74) is 2.85. The van der Waals surface area contributed by atoms with Crippen molar-refractivity contribution in [2.75, 3.05) is 31.6 Å². The van der Waals surface area contributed by atoms with E-state index in [1.165, 1.54) is 4.31 Å². The molecule has 0 aromatic heterocycles. The van der Waals surface area contributed by atoms with E-state index in [1.54, 1.807) is 25.3 Å². The number of piperidine rings is 1. The minimum atomic E-state index is -3.66. The van der Waals surface area contributed by atoms with Crippen LogP contribution in [0.25, 0.3) is 0 Å². The average Bonchev–Trinajstić information content (AvgIpc) is 3.16. The first-order valence-electron chi connectivity index (χ1n) is 10.1. The van der Waals surface area contributed by atoms with E-state index in [2.05, 4.69) is 15.9 Å². The molecule has 0 unspecified atom stereocenters. The maximum absolute atomic E-state index is 13.3. The lowest BCUT2D eigenvalue weighted by molar-refractivity contribution is -0.123. The van der Waals surface area contributed by atoms with E-state index in [0.717, 1.165) is 27.7 Å². The number of hydrogen-bond acceptors (Lipinski definition) is 4. The number of anilines is 1. The summed E-state index contributed by atoms with van der Waals surface area (Å²) in [5.74, 6) is 0.337. The number of ether oxygens (including phenoxy) is 1. The van der Waals surface area contributed by atoms with Crippen LogP contribution >= 0.6 is 15.9 Å². The van der Waals surface area contributed by atoms with Crippen molar-refractivity contribution in [3.8, 4) is 5.75 Å². The van der Waals surface area contributed by atoms with Gasteiger partial charge < -0.3 is 9.64 Å². The quantitative estimate of drug-likeness (QED) is 0.651. The summed E-state index contributed by atoms with van der Waals surface area (Å²) in [6.45, 7) is 3.12. The molecule has 2 aliphatic heterocycles. The van der Waals surface area contributed by atoms with Crippen molar-refractivity contribution in [3.63, 3.8) is 0 Å². The maximum atomic E-state index is 13.3. The van der Waals surface area contributed by atoms with Gasteiger partial charge in [0.1, 0.15) is 5.75 Å². The van der Waals surface area contributed by atoms with Crippen LogP contribution in [0.15, 0.2) is 45.8 Å². The van der Waals surface area contributed by atoms with Gasteiger partial charge in [-0.15, -0.1) is 0 Å². The van der Waals surface area contributed by atoms with Crippen molar-refractivity contribution in [1.82, 2.24) is 4.31 Å². The average molecular weight is 493 g/mol. The van der Waals surface area contributed by atoms with Gasteiger partial charge in [0.15, 0.2) is 0 Å². The number of carbonyl (C=O) groups excluding carboxylic acids is 1. The number of amides is 1. The molecule has 160 valence electrons. The molecule has 0 aliphatic carbocycles. The van der Waals surface area contributed by atoms with E-state index in [0.29, 0.717) is 31.7 Å². The Labute approximate surface area is 186 Å². The normalized spacial score (nSPS) is 19.6. The molecule has 2 aromatic rings. The number of carbonyl (C=O) groups is 1. The van der Waals surface area contributed by atoms with Gasteiger partial charge in [0.05, 0.1) is 17.9 Å². The van der Waals surface area contributed by atoms with E-state index in [4.69, 9.17) is 4.74 Å². The maximum Gasteiger partial charge on any atom is 0.243 e. The minimum Gasteiger partial charge on any atom is -0.496 e. The highest BCUT2D eigenvalue weighted by molar-refractivity contribution is 9.10. The SMILES string of the molecule is COc1ccc(S(=O)(=O)N2CCC[C@@H](C(=O)N3CCc4cc(Br)ccc43)C2)cc1C. The van der Waals surface area contributed by atoms with Crippen LogP contribution in [0.5, 0.6) is 5.75 Å². The smallest absolute Gasteiger partial charge is 0.243 e. The molecule has 30 heavy (non-hydrogen) atoms. The Morgan fingerprint density at radius 2 is 1.97 bits per heavy atom. The van der Waals surface area contributed by atoms with E-state index in [-0.39, 0.29) is 23.3 Å². The molecule has 1 amide bonds. The van der Waals surface area contributed by atoms with Crippen molar-refractivity contribution in [2.24, 2.45) is 5.92 Å². The van der Waals surface area contributed by atoms with Gasteiger partial charge in [-0.2, -0.15) is 4.31 Å². The van der Waals surface area contributed by atoms with Crippen LogP contribution in [0.1, 0.15) is 24.0 Å². The predicted octanol–water partition coefficient (Wildman–Crippen LogP) is 3.76. The molecule has 0 radical (unpaired) electrons. The standard InChI is InChI=1S/C22H25BrN2O4S/c1-15-12-19(6-8-21(15)29-2)30(27,28)24-10-3-4-17(14-24)22(26)25-11-9-16-13-18(23)5-7-20(16)25/h5-8,12-13,17H,3-4,9-11,14H2,1-2H3/t17-/m1/s1. The lowest BCUT2D eigenvalue weighted by Gasteiger charge is -2.33. The van der Waals surface area contributed by atoms with E-state index < -0.39 is 10.0 Å². The Morgan fingerprint density at radius 3 is 2.70 bits per heavy atom. The third-order valence-corrected chi connectivity index (χ3v) is 8.29. The Morgan fingerprint density at radius 1 is 1.17 bits per heavy atom. The van der Waals surface area contributed by atoms with Crippen molar-refractivity contribution >= 4 is 37.5 Å². The van der Waals surface area contributed by atoms with Crippen molar-refractivity contribution in [2.45, 2.75) is 31.1 Å². The number of sulfonamides is 1. The summed E-state index contributed by atoms with van der Waals surface area (Å²) >= 11 is 3.48. The van der Waals surface area contributed by atoms with Crippen LogP contribution in [-0.2, 0) is 21.2 Å². The monoisotopic (exact) mass is 492 g/mol. The Hall–Kier alpha value is -1.90. The predicted molar refractivity (Wildman–Crippen MR) is 119 cm³/mol. The molecular weight excluding hydrogens is 468 g/mol. The largest absolute Gasteiger partial charge is 0.496 e. The lowest BCUT2D eigenvalue weighted by Crippen LogP contribution is -2.46. The van der Waals surface area contributed by atoms with Gasteiger partial charge in [-0.1, -0.05) is 15.9 Å². The molecule has 2 aliphatic rings. The molecule has 0 spiro atoms. The first-order chi connectivity index (χ1) is 14.3. The van der Waals surface area contributed by atoms with Crippen LogP contribution in [0, 0.1) is 12.8 Å². The topological polar surface area (TPSA) is 66.9 Å². The van der Waals surface area contributed by atoms with Crippen LogP contribution < -0.4 is 9.64 Å². The third kappa shape index (κ3) is 3.88. The second-order valence-electron chi connectivity index (χ2n) is 7.85. The number of aryl methyl sites for hydroxylation is 1. The van der Waals surface area contributed by atoms with Gasteiger partial charge in [0.25, 0.3) is 0 Å². The van der Waals surface area contributed by atoms with Crippen LogP contribution in [-0.4, -0.2) is 45.4 Å². The number of hydrogen-bond donors (Lipinski definition) is 0. The number of fused-ring (bicyclic) bond motifs is 1. The molecule has 0 saturated carbocycles. The van der Waals surface area contributed by atoms with Crippen molar-refractivity contribution in [3.05, 3.63) is 52.0 Å². The van der Waals surface area contributed by atoms with Crippen LogP contribution in [0.3, 0.4) is 0 Å². The van der Waals surface area contributed by atoms with Gasteiger partial charge in [0.2, 0.25) is 15.9 Å². The van der Waals surface area contributed by atoms with Crippen molar-refractivity contribution < 1.29 is 17.9 Å². The van der Waals surface area contributed by atoms with Crippen LogP contribution in [0.4, 0.5) is 5.69 Å². The van der Waals surface area contributed by atoms with E-state index in [1.807, 2.05) is 30.0 Å². The summed E-state index contributed by atoms with van der Waals surface area (Å²) in [6, 6.07) is 10.8. The zero-order chi connectivity index (χ0) is 21.5. The fourth-order valence-electron chi connectivity index (χ4n) is 4.34. The van der Waals surface area contributed by atoms with Gasteiger partial charge in [0, 0.05) is 29.8 Å². The second kappa shape index (κ2) is 8.32. The fourth-order valence-corrected chi connectivity index (χ4v) is 6.36. The highest BCUT2D eigenvalue weighted by Gasteiger charge is 2.37. The lowest BCUT2D eigenvalue weighted by atomic mass is 9.98. The number of methoxy groups -OCH3 is 1. The fraction of sp³-hybridized carbons (Fsp3) is 0.409. The molecule has 2 aromatic carbocycles. The molecule has 1 saturated heterocycles. The molecule has 4 rings (SSSR count). The molecule has 0 N–H and O–H groups in total. The molecule has 2 heterocycles. The first kappa shape index (κ1) is 21.3. The third-order valence-electron chi connectivity index (χ3n) is 5.94. The van der Waals surface area contributed by atoms with Crippen molar-refractivity contribution in [1.29, 1.82) is 0 Å². The zero-order valence-electron chi connectivity index (χ0n) is 17.1. The van der Waals surface area contributed by atoms with Gasteiger partial charge in [-0.3, -0.25) is 4.79 Å². The summed E-state index contributed by atoms with van der Waals surface area (Å²) in [4.78, 5) is 15.3. The van der Waals surface area contributed by atoms with Gasteiger partial charge in [-0.25, -0.2) is 8.42 Å². The van der Waals surface area contributed by atoms with Gasteiger partial charge >= 0.3 is 0 Å². The highest BCUT2D eigenvalue weighted by Crippen LogP contribution is 2.34. The van der Waals surface area contributed by atoms with Crippen LogP contribution in [0.2, 0.25) is 0 Å². The molecule has 1 fully saturated rings.